The molecule has 4 rings (SSSR count). The smallest absolute Gasteiger partial charge is 0.234 e. The molecule has 1 saturated carbocycles. The standard InChI is InChI=1S/C17H21N5O2S/c23-15(18-13-4-2-1-3-5-13)12-25-17-20-19-16(22(17)14-6-7-14)21-8-10-24-11-9-21/h1-5,14H,6-12H2,(H,18,23). The molecule has 25 heavy (non-hydrogen) atoms. The Morgan fingerprint density at radius 2 is 1.96 bits per heavy atom. The summed E-state index contributed by atoms with van der Waals surface area (Å²) in [5.41, 5.74) is 0.811. The number of nitrogens with one attached hydrogen (secondary N) is 1. The van der Waals surface area contributed by atoms with E-state index in [4.69, 9.17) is 4.74 Å². The van der Waals surface area contributed by atoms with Crippen molar-refractivity contribution >= 4 is 29.3 Å². The third kappa shape index (κ3) is 3.96. The number of thioether (sulfide) groups is 1. The van der Waals surface area contributed by atoms with E-state index in [1.807, 2.05) is 30.3 Å². The van der Waals surface area contributed by atoms with E-state index < -0.39 is 0 Å². The maximum absolute atomic E-state index is 12.2. The molecule has 1 aliphatic heterocycles. The molecule has 2 aliphatic rings. The van der Waals surface area contributed by atoms with Crippen LogP contribution in [0.1, 0.15) is 18.9 Å². The van der Waals surface area contributed by atoms with Gasteiger partial charge in [0.25, 0.3) is 0 Å². The molecule has 1 aliphatic carbocycles. The van der Waals surface area contributed by atoms with Crippen molar-refractivity contribution in [1.29, 1.82) is 0 Å². The highest BCUT2D eigenvalue weighted by Crippen LogP contribution is 2.41. The number of carbonyl (C=O) groups excluding carboxylic acids is 1. The quantitative estimate of drug-likeness (QED) is 0.797. The largest absolute Gasteiger partial charge is 0.378 e. The van der Waals surface area contributed by atoms with Gasteiger partial charge in [0.05, 0.1) is 19.0 Å². The van der Waals surface area contributed by atoms with E-state index in [2.05, 4.69) is 25.0 Å². The predicted molar refractivity (Wildman–Crippen MR) is 97.1 cm³/mol. The van der Waals surface area contributed by atoms with Crippen molar-refractivity contribution in [2.75, 3.05) is 42.3 Å². The minimum absolute atomic E-state index is 0.0329. The fraction of sp³-hybridized carbons (Fsp3) is 0.471. The monoisotopic (exact) mass is 359 g/mol. The lowest BCUT2D eigenvalue weighted by atomic mass is 10.3. The minimum atomic E-state index is -0.0329. The normalized spacial score (nSPS) is 17.5. The predicted octanol–water partition coefficient (Wildman–Crippen LogP) is 2.18. The van der Waals surface area contributed by atoms with E-state index in [9.17, 15) is 4.79 Å². The summed E-state index contributed by atoms with van der Waals surface area (Å²) in [7, 11) is 0. The number of rotatable bonds is 6. The number of aromatic nitrogens is 3. The Labute approximate surface area is 150 Å². The van der Waals surface area contributed by atoms with E-state index in [0.29, 0.717) is 11.8 Å². The lowest BCUT2D eigenvalue weighted by Crippen LogP contribution is -2.38. The Balaban J connectivity index is 1.42. The van der Waals surface area contributed by atoms with Crippen molar-refractivity contribution in [1.82, 2.24) is 14.8 Å². The maximum atomic E-state index is 12.2. The Kier molecular flexibility index (Phi) is 4.89. The van der Waals surface area contributed by atoms with Gasteiger partial charge in [-0.2, -0.15) is 0 Å². The van der Waals surface area contributed by atoms with Gasteiger partial charge < -0.3 is 15.0 Å². The van der Waals surface area contributed by atoms with E-state index in [1.54, 1.807) is 0 Å². The number of carbonyl (C=O) groups is 1. The Hall–Kier alpha value is -2.06. The molecule has 0 radical (unpaired) electrons. The lowest BCUT2D eigenvalue weighted by Gasteiger charge is -2.27. The molecule has 7 nitrogen and oxygen atoms in total. The first kappa shape index (κ1) is 16.4. The Morgan fingerprint density at radius 1 is 1.20 bits per heavy atom. The molecule has 132 valence electrons. The zero-order valence-electron chi connectivity index (χ0n) is 13.9. The summed E-state index contributed by atoms with van der Waals surface area (Å²) in [6, 6.07) is 9.96. The molecule has 0 atom stereocenters. The maximum Gasteiger partial charge on any atom is 0.234 e. The summed E-state index contributed by atoms with van der Waals surface area (Å²) >= 11 is 1.45. The minimum Gasteiger partial charge on any atom is -0.378 e. The highest BCUT2D eigenvalue weighted by atomic mass is 32.2. The van der Waals surface area contributed by atoms with Crippen LogP contribution in [-0.2, 0) is 9.53 Å². The van der Waals surface area contributed by atoms with Crippen LogP contribution in [0.15, 0.2) is 35.5 Å². The lowest BCUT2D eigenvalue weighted by molar-refractivity contribution is -0.113. The van der Waals surface area contributed by atoms with Crippen LogP contribution < -0.4 is 10.2 Å². The molecule has 1 aromatic carbocycles. The van der Waals surface area contributed by atoms with E-state index in [1.165, 1.54) is 11.8 Å². The fourth-order valence-corrected chi connectivity index (χ4v) is 3.65. The summed E-state index contributed by atoms with van der Waals surface area (Å²) in [6.45, 7) is 3.12. The molecule has 2 aromatic rings. The van der Waals surface area contributed by atoms with E-state index in [-0.39, 0.29) is 5.91 Å². The number of morpholine rings is 1. The van der Waals surface area contributed by atoms with Gasteiger partial charge in [-0.15, -0.1) is 10.2 Å². The number of anilines is 2. The number of hydrogen-bond donors (Lipinski definition) is 1. The number of hydrogen-bond acceptors (Lipinski definition) is 6. The van der Waals surface area contributed by atoms with Crippen LogP contribution in [0.3, 0.4) is 0 Å². The number of para-hydroxylation sites is 1. The zero-order chi connectivity index (χ0) is 17.1. The molecule has 8 heteroatoms. The van der Waals surface area contributed by atoms with Crippen molar-refractivity contribution in [3.8, 4) is 0 Å². The summed E-state index contributed by atoms with van der Waals surface area (Å²) < 4.78 is 7.62. The third-order valence-corrected chi connectivity index (χ3v) is 5.19. The first-order valence-electron chi connectivity index (χ1n) is 8.56. The SMILES string of the molecule is O=C(CSc1nnc(N2CCOCC2)n1C1CC1)Nc1ccccc1. The van der Waals surface area contributed by atoms with E-state index >= 15 is 0 Å². The van der Waals surface area contributed by atoms with Crippen LogP contribution in [-0.4, -0.2) is 52.7 Å². The number of ether oxygens (including phenoxy) is 1. The first-order valence-corrected chi connectivity index (χ1v) is 9.55. The molecular formula is C17H21N5O2S. The summed E-state index contributed by atoms with van der Waals surface area (Å²) in [4.78, 5) is 14.4. The molecular weight excluding hydrogens is 338 g/mol. The van der Waals surface area contributed by atoms with Gasteiger partial charge in [-0.3, -0.25) is 9.36 Å². The number of nitrogens with zero attached hydrogens (tertiary/aromatic N) is 4. The van der Waals surface area contributed by atoms with Crippen LogP contribution in [0.2, 0.25) is 0 Å². The van der Waals surface area contributed by atoms with Gasteiger partial charge >= 0.3 is 0 Å². The van der Waals surface area contributed by atoms with Crippen molar-refractivity contribution < 1.29 is 9.53 Å². The van der Waals surface area contributed by atoms with Crippen LogP contribution in [0, 0.1) is 0 Å². The van der Waals surface area contributed by atoms with Crippen LogP contribution in [0.25, 0.3) is 0 Å². The molecule has 2 fully saturated rings. The van der Waals surface area contributed by atoms with Gasteiger partial charge in [-0.25, -0.2) is 0 Å². The fourth-order valence-electron chi connectivity index (χ4n) is 2.85. The van der Waals surface area contributed by atoms with Crippen molar-refractivity contribution in [3.63, 3.8) is 0 Å². The molecule has 1 saturated heterocycles. The van der Waals surface area contributed by atoms with Crippen molar-refractivity contribution in [2.45, 2.75) is 24.0 Å². The second kappa shape index (κ2) is 7.45. The van der Waals surface area contributed by atoms with Crippen LogP contribution in [0.4, 0.5) is 11.6 Å². The van der Waals surface area contributed by atoms with Gasteiger partial charge in [0.1, 0.15) is 0 Å². The average molecular weight is 359 g/mol. The topological polar surface area (TPSA) is 72.3 Å². The average Bonchev–Trinajstić information content (AvgIpc) is 3.40. The summed E-state index contributed by atoms with van der Waals surface area (Å²) in [5, 5.41) is 12.5. The Bertz CT molecular complexity index is 726. The third-order valence-electron chi connectivity index (χ3n) is 4.24. The van der Waals surface area contributed by atoms with Gasteiger partial charge in [0.2, 0.25) is 11.9 Å². The van der Waals surface area contributed by atoms with Crippen LogP contribution in [0.5, 0.6) is 0 Å². The molecule has 1 N–H and O–H groups in total. The Morgan fingerprint density at radius 3 is 2.68 bits per heavy atom. The molecule has 2 heterocycles. The molecule has 0 unspecified atom stereocenters. The van der Waals surface area contributed by atoms with Gasteiger partial charge in [-0.05, 0) is 25.0 Å². The first-order chi connectivity index (χ1) is 12.3. The van der Waals surface area contributed by atoms with Gasteiger partial charge in [0.15, 0.2) is 5.16 Å². The molecule has 0 bridgehead atoms. The summed E-state index contributed by atoms with van der Waals surface area (Å²) in [6.07, 6.45) is 2.30. The molecule has 1 aromatic heterocycles. The highest BCUT2D eigenvalue weighted by Gasteiger charge is 2.32. The summed E-state index contributed by atoms with van der Waals surface area (Å²) in [5.74, 6) is 1.20. The van der Waals surface area contributed by atoms with Crippen molar-refractivity contribution in [3.05, 3.63) is 30.3 Å². The molecule has 1 amide bonds. The molecule has 0 spiro atoms. The number of benzene rings is 1. The second-order valence-corrected chi connectivity index (χ2v) is 7.13. The highest BCUT2D eigenvalue weighted by molar-refractivity contribution is 7.99. The zero-order valence-corrected chi connectivity index (χ0v) is 14.7. The van der Waals surface area contributed by atoms with Crippen molar-refractivity contribution in [2.24, 2.45) is 0 Å². The number of amides is 1. The van der Waals surface area contributed by atoms with E-state index in [0.717, 1.165) is 55.9 Å². The van der Waals surface area contributed by atoms with Crippen LogP contribution >= 0.6 is 11.8 Å². The van der Waals surface area contributed by atoms with Gasteiger partial charge in [0, 0.05) is 24.8 Å². The van der Waals surface area contributed by atoms with Gasteiger partial charge in [-0.1, -0.05) is 30.0 Å². The second-order valence-electron chi connectivity index (χ2n) is 6.19.